The zero-order valence-corrected chi connectivity index (χ0v) is 13.3. The van der Waals surface area contributed by atoms with Crippen molar-refractivity contribution in [3.05, 3.63) is 16.4 Å². The van der Waals surface area contributed by atoms with E-state index in [1.165, 1.54) is 25.0 Å². The predicted octanol–water partition coefficient (Wildman–Crippen LogP) is 3.34. The molecule has 19 heavy (non-hydrogen) atoms. The van der Waals surface area contributed by atoms with Crippen LogP contribution in [0.2, 0.25) is 5.02 Å². The van der Waals surface area contributed by atoms with E-state index in [9.17, 15) is 0 Å². The van der Waals surface area contributed by atoms with Gasteiger partial charge in [-0.15, -0.1) is 0 Å². The minimum absolute atomic E-state index is 0.523. The molecule has 2 rings (SSSR count). The second-order valence-electron chi connectivity index (χ2n) is 5.91. The van der Waals surface area contributed by atoms with Gasteiger partial charge in [0, 0.05) is 19.5 Å². The largest absolute Gasteiger partial charge is 0.314 e. The van der Waals surface area contributed by atoms with E-state index in [0.29, 0.717) is 6.04 Å². The lowest BCUT2D eigenvalue weighted by molar-refractivity contribution is 0.295. The third kappa shape index (κ3) is 3.14. The van der Waals surface area contributed by atoms with E-state index < -0.39 is 0 Å². The molecule has 0 saturated heterocycles. The molecule has 1 aliphatic carbocycles. The summed E-state index contributed by atoms with van der Waals surface area (Å²) in [5.74, 6) is 1.59. The van der Waals surface area contributed by atoms with E-state index in [-0.39, 0.29) is 0 Å². The summed E-state index contributed by atoms with van der Waals surface area (Å²) in [7, 11) is 2.00. The molecule has 108 valence electrons. The number of hydrogen-bond donors (Lipinski definition) is 1. The Balaban J connectivity index is 2.16. The first kappa shape index (κ1) is 14.9. The molecule has 4 heteroatoms. The molecule has 0 aliphatic heterocycles. The van der Waals surface area contributed by atoms with Crippen molar-refractivity contribution in [2.45, 2.75) is 52.5 Å². The van der Waals surface area contributed by atoms with Crippen molar-refractivity contribution >= 4 is 11.6 Å². The van der Waals surface area contributed by atoms with E-state index >= 15 is 0 Å². The summed E-state index contributed by atoms with van der Waals surface area (Å²) in [5, 5.41) is 8.94. The van der Waals surface area contributed by atoms with Crippen LogP contribution in [0, 0.1) is 18.8 Å². The number of likely N-dealkylation sites (N-methyl/N-ethyl adjacent to an activating group) is 1. The fourth-order valence-electron chi connectivity index (χ4n) is 3.52. The van der Waals surface area contributed by atoms with Gasteiger partial charge >= 0.3 is 0 Å². The van der Waals surface area contributed by atoms with Crippen molar-refractivity contribution < 1.29 is 0 Å². The van der Waals surface area contributed by atoms with Crippen molar-refractivity contribution in [3.8, 4) is 0 Å². The van der Waals surface area contributed by atoms with Crippen LogP contribution in [0.3, 0.4) is 0 Å². The molecular formula is C15H26ClN3. The Morgan fingerprint density at radius 3 is 2.68 bits per heavy atom. The minimum atomic E-state index is 0.523. The maximum absolute atomic E-state index is 6.39. The molecule has 1 aliphatic rings. The molecule has 1 aromatic rings. The standard InChI is InChI=1S/C15H26ClN3/c1-5-17-13(12-8-6-7-10(12)2)9-14-15(16)11(3)18-19(14)4/h10,12-13,17H,5-9H2,1-4H3. The molecule has 0 spiro atoms. The average Bonchev–Trinajstić information content (AvgIpc) is 2.88. The molecule has 0 aromatic carbocycles. The van der Waals surface area contributed by atoms with Crippen LogP contribution in [-0.4, -0.2) is 22.4 Å². The fraction of sp³-hybridized carbons (Fsp3) is 0.800. The number of aromatic nitrogens is 2. The summed E-state index contributed by atoms with van der Waals surface area (Å²) >= 11 is 6.39. The predicted molar refractivity (Wildman–Crippen MR) is 80.6 cm³/mol. The highest BCUT2D eigenvalue weighted by molar-refractivity contribution is 6.31. The molecular weight excluding hydrogens is 258 g/mol. The highest BCUT2D eigenvalue weighted by atomic mass is 35.5. The lowest BCUT2D eigenvalue weighted by atomic mass is 9.87. The SMILES string of the molecule is CCNC(Cc1c(Cl)c(C)nn1C)C1CCCC1C. The number of nitrogens with zero attached hydrogens (tertiary/aromatic N) is 2. The summed E-state index contributed by atoms with van der Waals surface area (Å²) in [6.45, 7) is 7.56. The van der Waals surface area contributed by atoms with Gasteiger partial charge < -0.3 is 5.32 Å². The van der Waals surface area contributed by atoms with Gasteiger partial charge in [-0.1, -0.05) is 38.3 Å². The molecule has 1 saturated carbocycles. The maximum atomic E-state index is 6.39. The van der Waals surface area contributed by atoms with Gasteiger partial charge in [0.1, 0.15) is 0 Å². The number of rotatable bonds is 5. The highest BCUT2D eigenvalue weighted by Gasteiger charge is 2.31. The van der Waals surface area contributed by atoms with Crippen molar-refractivity contribution in [1.82, 2.24) is 15.1 Å². The van der Waals surface area contributed by atoms with Crippen LogP contribution in [0.4, 0.5) is 0 Å². The molecule has 1 N–H and O–H groups in total. The Hall–Kier alpha value is -0.540. The molecule has 1 heterocycles. The Kier molecular flexibility index (Phi) is 4.91. The van der Waals surface area contributed by atoms with Gasteiger partial charge in [-0.2, -0.15) is 5.10 Å². The first-order valence-corrected chi connectivity index (χ1v) is 7.83. The fourth-order valence-corrected chi connectivity index (χ4v) is 3.76. The van der Waals surface area contributed by atoms with Crippen LogP contribution in [0.25, 0.3) is 0 Å². The third-order valence-corrected chi connectivity index (χ3v) is 5.08. The summed E-state index contributed by atoms with van der Waals surface area (Å²) in [5.41, 5.74) is 2.11. The number of aryl methyl sites for hydroxylation is 2. The normalized spacial score (nSPS) is 24.9. The number of halogens is 1. The van der Waals surface area contributed by atoms with Crippen LogP contribution in [0.1, 0.15) is 44.5 Å². The smallest absolute Gasteiger partial charge is 0.0847 e. The van der Waals surface area contributed by atoms with Gasteiger partial charge in [-0.25, -0.2) is 0 Å². The molecule has 0 bridgehead atoms. The summed E-state index contributed by atoms with van der Waals surface area (Å²) in [6.07, 6.45) is 5.06. The van der Waals surface area contributed by atoms with Crippen LogP contribution >= 0.6 is 11.6 Å². The average molecular weight is 284 g/mol. The molecule has 0 radical (unpaired) electrons. The summed E-state index contributed by atoms with van der Waals surface area (Å²) in [4.78, 5) is 0. The quantitative estimate of drug-likeness (QED) is 0.898. The molecule has 1 fully saturated rings. The third-order valence-electron chi connectivity index (χ3n) is 4.59. The molecule has 3 atom stereocenters. The molecule has 0 amide bonds. The van der Waals surface area contributed by atoms with Crippen molar-refractivity contribution in [1.29, 1.82) is 0 Å². The zero-order valence-electron chi connectivity index (χ0n) is 12.5. The monoisotopic (exact) mass is 283 g/mol. The van der Waals surface area contributed by atoms with Crippen LogP contribution in [0.15, 0.2) is 0 Å². The van der Waals surface area contributed by atoms with Crippen LogP contribution in [-0.2, 0) is 13.5 Å². The first-order chi connectivity index (χ1) is 9.04. The number of hydrogen-bond acceptors (Lipinski definition) is 2. The van der Waals surface area contributed by atoms with Crippen molar-refractivity contribution in [2.24, 2.45) is 18.9 Å². The van der Waals surface area contributed by atoms with Gasteiger partial charge in [0.15, 0.2) is 0 Å². The molecule has 1 aromatic heterocycles. The van der Waals surface area contributed by atoms with E-state index in [0.717, 1.165) is 35.5 Å². The van der Waals surface area contributed by atoms with Crippen molar-refractivity contribution in [3.63, 3.8) is 0 Å². The van der Waals surface area contributed by atoms with Crippen LogP contribution in [0.5, 0.6) is 0 Å². The second-order valence-corrected chi connectivity index (χ2v) is 6.29. The first-order valence-electron chi connectivity index (χ1n) is 7.46. The lowest BCUT2D eigenvalue weighted by Crippen LogP contribution is -2.39. The van der Waals surface area contributed by atoms with Gasteiger partial charge in [-0.05, 0) is 31.7 Å². The van der Waals surface area contributed by atoms with Gasteiger partial charge in [0.05, 0.1) is 16.4 Å². The van der Waals surface area contributed by atoms with Gasteiger partial charge in [0.2, 0.25) is 0 Å². The van der Waals surface area contributed by atoms with Gasteiger partial charge in [-0.3, -0.25) is 4.68 Å². The zero-order chi connectivity index (χ0) is 14.0. The summed E-state index contributed by atoms with van der Waals surface area (Å²) in [6, 6.07) is 0.523. The lowest BCUT2D eigenvalue weighted by Gasteiger charge is -2.28. The van der Waals surface area contributed by atoms with Crippen LogP contribution < -0.4 is 5.32 Å². The molecule has 3 unspecified atom stereocenters. The van der Waals surface area contributed by atoms with Crippen molar-refractivity contribution in [2.75, 3.05) is 6.54 Å². The topological polar surface area (TPSA) is 29.9 Å². The highest BCUT2D eigenvalue weighted by Crippen LogP contribution is 2.35. The van der Waals surface area contributed by atoms with E-state index in [1.807, 2.05) is 18.7 Å². The van der Waals surface area contributed by atoms with E-state index in [2.05, 4.69) is 24.3 Å². The van der Waals surface area contributed by atoms with E-state index in [4.69, 9.17) is 11.6 Å². The molecule has 3 nitrogen and oxygen atoms in total. The Morgan fingerprint density at radius 1 is 1.47 bits per heavy atom. The summed E-state index contributed by atoms with van der Waals surface area (Å²) < 4.78 is 1.95. The number of nitrogens with one attached hydrogen (secondary N) is 1. The Bertz CT molecular complexity index is 427. The Labute approximate surface area is 121 Å². The second kappa shape index (κ2) is 6.27. The van der Waals surface area contributed by atoms with E-state index in [1.54, 1.807) is 0 Å². The maximum Gasteiger partial charge on any atom is 0.0847 e. The Morgan fingerprint density at radius 2 is 2.21 bits per heavy atom. The van der Waals surface area contributed by atoms with Gasteiger partial charge in [0.25, 0.3) is 0 Å². The minimum Gasteiger partial charge on any atom is -0.314 e.